The summed E-state index contributed by atoms with van der Waals surface area (Å²) in [6.07, 6.45) is 7.14. The highest BCUT2D eigenvalue weighted by molar-refractivity contribution is 9.10. The van der Waals surface area contributed by atoms with E-state index in [-0.39, 0.29) is 11.9 Å². The van der Waals surface area contributed by atoms with Gasteiger partial charge < -0.3 is 5.11 Å². The van der Waals surface area contributed by atoms with E-state index in [1.165, 1.54) is 44.2 Å². The molecule has 21 heavy (non-hydrogen) atoms. The maximum absolute atomic E-state index is 13.2. The van der Waals surface area contributed by atoms with E-state index in [9.17, 15) is 9.50 Å². The van der Waals surface area contributed by atoms with E-state index >= 15 is 0 Å². The first-order chi connectivity index (χ1) is 10.1. The van der Waals surface area contributed by atoms with Crippen LogP contribution in [-0.2, 0) is 6.42 Å². The van der Waals surface area contributed by atoms with E-state index in [4.69, 9.17) is 0 Å². The number of rotatable bonds is 3. The smallest absolute Gasteiger partial charge is 0.124 e. The lowest BCUT2D eigenvalue weighted by Crippen LogP contribution is -2.49. The molecule has 4 aliphatic carbocycles. The number of halogens is 2. The predicted molar refractivity (Wildman–Crippen MR) is 84.3 cm³/mol. The number of hydrogen-bond acceptors (Lipinski definition) is 1. The average molecular weight is 353 g/mol. The molecular weight excluding hydrogens is 331 g/mol. The molecule has 5 rings (SSSR count). The third kappa shape index (κ3) is 2.57. The second kappa shape index (κ2) is 5.34. The molecule has 0 aliphatic heterocycles. The summed E-state index contributed by atoms with van der Waals surface area (Å²) in [6, 6.07) is 4.79. The first-order valence-corrected chi connectivity index (χ1v) is 9.01. The SMILES string of the molecule is OC(Cc1ccc(F)cc1Br)C1C2CC3CC(C2)CC1C3. The topological polar surface area (TPSA) is 20.2 Å². The maximum atomic E-state index is 13.2. The lowest BCUT2D eigenvalue weighted by atomic mass is 9.50. The van der Waals surface area contributed by atoms with E-state index in [0.29, 0.717) is 12.3 Å². The molecule has 4 aliphatic rings. The average Bonchev–Trinajstić information content (AvgIpc) is 2.40. The zero-order valence-corrected chi connectivity index (χ0v) is 13.7. The number of aliphatic hydroxyl groups excluding tert-OH is 1. The summed E-state index contributed by atoms with van der Waals surface area (Å²) in [7, 11) is 0. The van der Waals surface area contributed by atoms with Crippen LogP contribution in [0.5, 0.6) is 0 Å². The van der Waals surface area contributed by atoms with E-state index in [0.717, 1.165) is 33.7 Å². The summed E-state index contributed by atoms with van der Waals surface area (Å²) in [6.45, 7) is 0. The van der Waals surface area contributed by atoms with E-state index in [2.05, 4.69) is 15.9 Å². The summed E-state index contributed by atoms with van der Waals surface area (Å²) >= 11 is 3.43. The van der Waals surface area contributed by atoms with Crippen LogP contribution >= 0.6 is 15.9 Å². The van der Waals surface area contributed by atoms with Gasteiger partial charge in [-0.15, -0.1) is 0 Å². The second-order valence-corrected chi connectivity index (χ2v) is 8.37. The Kier molecular flexibility index (Phi) is 3.61. The molecule has 1 aromatic rings. The van der Waals surface area contributed by atoms with Crippen molar-refractivity contribution in [2.45, 2.75) is 44.6 Å². The second-order valence-electron chi connectivity index (χ2n) is 7.52. The fourth-order valence-corrected chi connectivity index (χ4v) is 6.16. The minimum atomic E-state index is -0.276. The summed E-state index contributed by atoms with van der Waals surface area (Å²) in [5, 5.41) is 10.8. The number of aliphatic hydroxyl groups is 1. The molecule has 0 heterocycles. The Morgan fingerprint density at radius 2 is 1.71 bits per heavy atom. The number of hydrogen-bond donors (Lipinski definition) is 1. The molecular formula is C18H22BrFO. The van der Waals surface area contributed by atoms with Gasteiger partial charge in [0.1, 0.15) is 5.82 Å². The molecule has 1 aromatic carbocycles. The van der Waals surface area contributed by atoms with E-state index in [1.54, 1.807) is 6.07 Å². The van der Waals surface area contributed by atoms with Gasteiger partial charge in [0.25, 0.3) is 0 Å². The molecule has 1 nitrogen and oxygen atoms in total. The highest BCUT2D eigenvalue weighted by atomic mass is 79.9. The van der Waals surface area contributed by atoms with Gasteiger partial charge in [-0.3, -0.25) is 0 Å². The molecule has 0 aromatic heterocycles. The van der Waals surface area contributed by atoms with Gasteiger partial charge in [-0.2, -0.15) is 0 Å². The van der Waals surface area contributed by atoms with Gasteiger partial charge in [-0.1, -0.05) is 22.0 Å². The van der Waals surface area contributed by atoms with E-state index in [1.807, 2.05) is 0 Å². The lowest BCUT2D eigenvalue weighted by molar-refractivity contribution is -0.0888. The van der Waals surface area contributed by atoms with Gasteiger partial charge in [0.05, 0.1) is 6.10 Å². The molecule has 1 unspecified atom stereocenters. The van der Waals surface area contributed by atoms with Crippen molar-refractivity contribution in [2.24, 2.45) is 29.6 Å². The highest BCUT2D eigenvalue weighted by Crippen LogP contribution is 2.57. The maximum Gasteiger partial charge on any atom is 0.124 e. The molecule has 1 N–H and O–H groups in total. The van der Waals surface area contributed by atoms with Crippen molar-refractivity contribution >= 4 is 15.9 Å². The third-order valence-corrected chi connectivity index (χ3v) is 6.93. The van der Waals surface area contributed by atoms with Crippen LogP contribution in [0.25, 0.3) is 0 Å². The normalized spacial score (nSPS) is 38.7. The first kappa shape index (κ1) is 14.2. The first-order valence-electron chi connectivity index (χ1n) is 8.22. The number of benzene rings is 1. The summed E-state index contributed by atoms with van der Waals surface area (Å²) < 4.78 is 14.0. The molecule has 4 saturated carbocycles. The van der Waals surface area contributed by atoms with Crippen molar-refractivity contribution in [3.63, 3.8) is 0 Å². The summed E-state index contributed by atoms with van der Waals surface area (Å²) in [4.78, 5) is 0. The fraction of sp³-hybridized carbons (Fsp3) is 0.667. The van der Waals surface area contributed by atoms with Crippen molar-refractivity contribution in [3.8, 4) is 0 Å². The Hall–Kier alpha value is -0.410. The van der Waals surface area contributed by atoms with E-state index < -0.39 is 0 Å². The largest absolute Gasteiger partial charge is 0.392 e. The van der Waals surface area contributed by atoms with Crippen LogP contribution in [0, 0.1) is 35.4 Å². The molecule has 4 fully saturated rings. The molecule has 0 radical (unpaired) electrons. The monoisotopic (exact) mass is 352 g/mol. The quantitative estimate of drug-likeness (QED) is 0.844. The van der Waals surface area contributed by atoms with Gasteiger partial charge >= 0.3 is 0 Å². The molecule has 4 bridgehead atoms. The molecule has 3 heteroatoms. The van der Waals surface area contributed by atoms with Gasteiger partial charge in [0.2, 0.25) is 0 Å². The zero-order chi connectivity index (χ0) is 14.6. The lowest BCUT2D eigenvalue weighted by Gasteiger charge is -2.55. The van der Waals surface area contributed by atoms with Crippen molar-refractivity contribution in [1.82, 2.24) is 0 Å². The standard InChI is InChI=1S/C18H22BrFO/c19-16-9-15(20)2-1-12(16)8-17(21)18-13-4-10-3-11(6-13)7-14(18)5-10/h1-2,9-11,13-14,17-18,21H,3-8H2. The van der Waals surface area contributed by atoms with Crippen LogP contribution in [0.4, 0.5) is 4.39 Å². The highest BCUT2D eigenvalue weighted by Gasteiger charge is 2.50. The predicted octanol–water partition coefficient (Wildman–Crippen LogP) is 4.56. The fourth-order valence-electron chi connectivity index (χ4n) is 5.64. The molecule has 0 saturated heterocycles. The van der Waals surface area contributed by atoms with Crippen molar-refractivity contribution < 1.29 is 9.50 Å². The van der Waals surface area contributed by atoms with Crippen LogP contribution in [0.15, 0.2) is 22.7 Å². The molecule has 0 spiro atoms. The Morgan fingerprint density at radius 1 is 1.10 bits per heavy atom. The third-order valence-electron chi connectivity index (χ3n) is 6.19. The van der Waals surface area contributed by atoms with Crippen LogP contribution in [0.2, 0.25) is 0 Å². The van der Waals surface area contributed by atoms with Gasteiger partial charge in [-0.05, 0) is 85.8 Å². The van der Waals surface area contributed by atoms with Crippen molar-refractivity contribution in [3.05, 3.63) is 34.1 Å². The van der Waals surface area contributed by atoms with Crippen LogP contribution in [0.1, 0.15) is 37.7 Å². The Morgan fingerprint density at radius 3 is 2.29 bits per heavy atom. The molecule has 1 atom stereocenters. The van der Waals surface area contributed by atoms with Crippen LogP contribution < -0.4 is 0 Å². The van der Waals surface area contributed by atoms with Crippen LogP contribution in [0.3, 0.4) is 0 Å². The molecule has 114 valence electrons. The Balaban J connectivity index is 1.51. The van der Waals surface area contributed by atoms with Crippen molar-refractivity contribution in [2.75, 3.05) is 0 Å². The summed E-state index contributed by atoms with van der Waals surface area (Å²) in [5.74, 6) is 3.58. The Labute approximate surface area is 134 Å². The van der Waals surface area contributed by atoms with Crippen molar-refractivity contribution in [1.29, 1.82) is 0 Å². The minimum absolute atomic E-state index is 0.227. The van der Waals surface area contributed by atoms with Gasteiger partial charge in [0.15, 0.2) is 0 Å². The van der Waals surface area contributed by atoms with Crippen LogP contribution in [-0.4, -0.2) is 11.2 Å². The Bertz CT molecular complexity index is 516. The summed E-state index contributed by atoms with van der Waals surface area (Å²) in [5.41, 5.74) is 1.03. The zero-order valence-electron chi connectivity index (χ0n) is 12.1. The molecule has 0 amide bonds. The van der Waals surface area contributed by atoms with Gasteiger partial charge in [0, 0.05) is 4.47 Å². The van der Waals surface area contributed by atoms with Gasteiger partial charge in [-0.25, -0.2) is 4.39 Å². The minimum Gasteiger partial charge on any atom is -0.392 e.